The number of nitrogens with zero attached hydrogens (tertiary/aromatic N) is 3. The van der Waals surface area contributed by atoms with Gasteiger partial charge in [-0.05, 0) is 19.1 Å². The van der Waals surface area contributed by atoms with Crippen molar-refractivity contribution in [3.63, 3.8) is 0 Å². The first-order chi connectivity index (χ1) is 9.54. The van der Waals surface area contributed by atoms with E-state index in [1.54, 1.807) is 28.9 Å². The lowest BCUT2D eigenvalue weighted by atomic mass is 10.1. The monoisotopic (exact) mass is 294 g/mol. The van der Waals surface area contributed by atoms with Crippen LogP contribution in [-0.4, -0.2) is 58.9 Å². The van der Waals surface area contributed by atoms with E-state index in [9.17, 15) is 9.59 Å². The summed E-state index contributed by atoms with van der Waals surface area (Å²) < 4.78 is 0. The van der Waals surface area contributed by atoms with Gasteiger partial charge in [0.05, 0.1) is 6.04 Å². The van der Waals surface area contributed by atoms with Crippen LogP contribution in [0.2, 0.25) is 5.15 Å². The third-order valence-electron chi connectivity index (χ3n) is 3.69. The van der Waals surface area contributed by atoms with Gasteiger partial charge in [-0.3, -0.25) is 4.79 Å². The van der Waals surface area contributed by atoms with E-state index in [2.05, 4.69) is 10.3 Å². The fourth-order valence-electron chi connectivity index (χ4n) is 2.72. The van der Waals surface area contributed by atoms with Crippen LogP contribution in [0.4, 0.5) is 4.79 Å². The van der Waals surface area contributed by atoms with Crippen molar-refractivity contribution < 1.29 is 9.59 Å². The molecule has 3 rings (SSSR count). The fourth-order valence-corrected chi connectivity index (χ4v) is 2.97. The maximum atomic E-state index is 12.5. The van der Waals surface area contributed by atoms with Crippen molar-refractivity contribution >= 4 is 23.5 Å². The Morgan fingerprint density at radius 3 is 3.00 bits per heavy atom. The molecular formula is C13H15ClN4O2. The van der Waals surface area contributed by atoms with E-state index in [0.717, 1.165) is 5.69 Å². The highest BCUT2D eigenvalue weighted by molar-refractivity contribution is 6.29. The van der Waals surface area contributed by atoms with Crippen LogP contribution in [0.1, 0.15) is 16.1 Å². The smallest absolute Gasteiger partial charge is 0.317 e. The van der Waals surface area contributed by atoms with Gasteiger partial charge in [0.1, 0.15) is 5.15 Å². The summed E-state index contributed by atoms with van der Waals surface area (Å²) in [6.07, 6.45) is 0. The van der Waals surface area contributed by atoms with Gasteiger partial charge < -0.3 is 15.1 Å². The molecule has 2 saturated heterocycles. The van der Waals surface area contributed by atoms with Crippen molar-refractivity contribution in [3.05, 3.63) is 28.5 Å². The number of fused-ring (bicyclic) bond motifs is 1. The standard InChI is InChI=1S/C13H15ClN4O2/c1-8-4-9(5-11(14)16-8)12(19)17-2-3-18-10(7-17)6-15-13(18)20/h4-5,10H,2-3,6-7H2,1H3,(H,15,20). The minimum atomic E-state index is -0.0589. The molecule has 2 fully saturated rings. The fraction of sp³-hybridized carbons (Fsp3) is 0.462. The van der Waals surface area contributed by atoms with Gasteiger partial charge in [0.25, 0.3) is 5.91 Å². The number of aromatic nitrogens is 1. The number of rotatable bonds is 1. The molecule has 1 N–H and O–H groups in total. The highest BCUT2D eigenvalue weighted by atomic mass is 35.5. The number of pyridine rings is 1. The molecule has 0 saturated carbocycles. The lowest BCUT2D eigenvalue weighted by Gasteiger charge is -2.36. The highest BCUT2D eigenvalue weighted by Gasteiger charge is 2.37. The summed E-state index contributed by atoms with van der Waals surface area (Å²) in [5.74, 6) is -0.0589. The Labute approximate surface area is 121 Å². The third kappa shape index (κ3) is 2.31. The van der Waals surface area contributed by atoms with Crippen LogP contribution >= 0.6 is 11.6 Å². The summed E-state index contributed by atoms with van der Waals surface area (Å²) in [4.78, 5) is 31.6. The molecule has 0 aromatic carbocycles. The normalized spacial score (nSPS) is 21.7. The zero-order valence-electron chi connectivity index (χ0n) is 11.1. The van der Waals surface area contributed by atoms with Gasteiger partial charge in [-0.15, -0.1) is 0 Å². The van der Waals surface area contributed by atoms with Crippen molar-refractivity contribution in [3.8, 4) is 0 Å². The van der Waals surface area contributed by atoms with Gasteiger partial charge >= 0.3 is 6.03 Å². The Kier molecular flexibility index (Phi) is 3.25. The Morgan fingerprint density at radius 1 is 1.45 bits per heavy atom. The molecule has 1 aromatic rings. The van der Waals surface area contributed by atoms with Gasteiger partial charge in [0.15, 0.2) is 0 Å². The minimum Gasteiger partial charge on any atom is -0.336 e. The van der Waals surface area contributed by atoms with Crippen molar-refractivity contribution in [1.29, 1.82) is 0 Å². The molecule has 1 unspecified atom stereocenters. The van der Waals surface area contributed by atoms with E-state index in [0.29, 0.717) is 36.9 Å². The van der Waals surface area contributed by atoms with Crippen LogP contribution in [0.15, 0.2) is 12.1 Å². The molecule has 2 aliphatic heterocycles. The highest BCUT2D eigenvalue weighted by Crippen LogP contribution is 2.18. The molecule has 0 radical (unpaired) electrons. The molecule has 0 aliphatic carbocycles. The quantitative estimate of drug-likeness (QED) is 0.783. The van der Waals surface area contributed by atoms with Crippen molar-refractivity contribution in [2.45, 2.75) is 13.0 Å². The van der Waals surface area contributed by atoms with E-state index in [1.807, 2.05) is 0 Å². The van der Waals surface area contributed by atoms with Crippen molar-refractivity contribution in [2.24, 2.45) is 0 Å². The first-order valence-corrected chi connectivity index (χ1v) is 6.90. The van der Waals surface area contributed by atoms with Crippen LogP contribution < -0.4 is 5.32 Å². The summed E-state index contributed by atoms with van der Waals surface area (Å²) in [6, 6.07) is 3.35. The summed E-state index contributed by atoms with van der Waals surface area (Å²) in [6.45, 7) is 4.07. The molecule has 1 aromatic heterocycles. The maximum Gasteiger partial charge on any atom is 0.317 e. The number of urea groups is 1. The second-order valence-corrected chi connectivity index (χ2v) is 5.49. The number of hydrogen-bond acceptors (Lipinski definition) is 3. The molecule has 3 heterocycles. The van der Waals surface area contributed by atoms with Crippen LogP contribution in [-0.2, 0) is 0 Å². The lowest BCUT2D eigenvalue weighted by Crippen LogP contribution is -2.53. The molecule has 0 spiro atoms. The number of piperazine rings is 1. The van der Waals surface area contributed by atoms with Crippen LogP contribution in [0.3, 0.4) is 0 Å². The summed E-state index contributed by atoms with van der Waals surface area (Å²) in [5, 5.41) is 3.12. The number of nitrogens with one attached hydrogen (secondary N) is 1. The number of halogens is 1. The Bertz CT molecular complexity index is 557. The molecule has 20 heavy (non-hydrogen) atoms. The molecule has 1 atom stereocenters. The van der Waals surface area contributed by atoms with Crippen LogP contribution in [0.25, 0.3) is 0 Å². The Hall–Kier alpha value is -1.82. The largest absolute Gasteiger partial charge is 0.336 e. The summed E-state index contributed by atoms with van der Waals surface area (Å²) >= 11 is 5.90. The molecule has 3 amide bonds. The number of carbonyl (C=O) groups excluding carboxylic acids is 2. The molecular weight excluding hydrogens is 280 g/mol. The van der Waals surface area contributed by atoms with Crippen molar-refractivity contribution in [2.75, 3.05) is 26.2 Å². The molecule has 2 aliphatic rings. The third-order valence-corrected chi connectivity index (χ3v) is 3.88. The molecule has 106 valence electrons. The predicted molar refractivity (Wildman–Crippen MR) is 73.8 cm³/mol. The number of amides is 3. The lowest BCUT2D eigenvalue weighted by molar-refractivity contribution is 0.0616. The second-order valence-electron chi connectivity index (χ2n) is 5.10. The second kappa shape index (κ2) is 4.94. The van der Waals surface area contributed by atoms with Gasteiger partial charge in [0.2, 0.25) is 0 Å². The first kappa shape index (κ1) is 13.2. The van der Waals surface area contributed by atoms with E-state index in [1.165, 1.54) is 0 Å². The molecule has 0 bridgehead atoms. The van der Waals surface area contributed by atoms with E-state index < -0.39 is 0 Å². The minimum absolute atomic E-state index is 0.0371. The van der Waals surface area contributed by atoms with E-state index in [4.69, 9.17) is 11.6 Å². The summed E-state index contributed by atoms with van der Waals surface area (Å²) in [5.41, 5.74) is 1.27. The molecule has 7 heteroatoms. The average Bonchev–Trinajstić information content (AvgIpc) is 2.78. The van der Waals surface area contributed by atoms with Crippen LogP contribution in [0, 0.1) is 6.92 Å². The van der Waals surface area contributed by atoms with Crippen molar-refractivity contribution in [1.82, 2.24) is 20.1 Å². The summed E-state index contributed by atoms with van der Waals surface area (Å²) in [7, 11) is 0. The zero-order valence-corrected chi connectivity index (χ0v) is 11.9. The number of aryl methyl sites for hydroxylation is 1. The SMILES string of the molecule is Cc1cc(C(=O)N2CCN3C(=O)NCC3C2)cc(Cl)n1. The Morgan fingerprint density at radius 2 is 2.25 bits per heavy atom. The van der Waals surface area contributed by atoms with E-state index >= 15 is 0 Å². The van der Waals surface area contributed by atoms with Gasteiger partial charge in [-0.1, -0.05) is 11.6 Å². The van der Waals surface area contributed by atoms with Crippen LogP contribution in [0.5, 0.6) is 0 Å². The van der Waals surface area contributed by atoms with Gasteiger partial charge in [-0.25, -0.2) is 9.78 Å². The average molecular weight is 295 g/mol. The molecule has 6 nitrogen and oxygen atoms in total. The zero-order chi connectivity index (χ0) is 14.3. The van der Waals surface area contributed by atoms with Gasteiger partial charge in [-0.2, -0.15) is 0 Å². The Balaban J connectivity index is 1.76. The van der Waals surface area contributed by atoms with Gasteiger partial charge in [0, 0.05) is 37.4 Å². The first-order valence-electron chi connectivity index (χ1n) is 6.52. The predicted octanol–water partition coefficient (Wildman–Crippen LogP) is 0.893. The number of carbonyl (C=O) groups is 2. The number of hydrogen-bond donors (Lipinski definition) is 1. The maximum absolute atomic E-state index is 12.5. The topological polar surface area (TPSA) is 65.5 Å². The van der Waals surface area contributed by atoms with E-state index in [-0.39, 0.29) is 18.0 Å².